The van der Waals surface area contributed by atoms with Gasteiger partial charge in [-0.1, -0.05) is 24.3 Å². The monoisotopic (exact) mass is 363 g/mol. The molecule has 1 aromatic carbocycles. The molecule has 0 fully saturated rings. The number of aryl methyl sites for hydroxylation is 1. The van der Waals surface area contributed by atoms with Crippen molar-refractivity contribution in [2.45, 2.75) is 32.7 Å². The third-order valence-corrected chi connectivity index (χ3v) is 5.02. The summed E-state index contributed by atoms with van der Waals surface area (Å²) in [4.78, 5) is 21.1. The molecule has 0 unspecified atom stereocenters. The first-order valence-corrected chi connectivity index (χ1v) is 8.76. The molecule has 0 saturated heterocycles. The zero-order valence-electron chi connectivity index (χ0n) is 15.8. The number of carbonyl (C=O) groups is 1. The van der Waals surface area contributed by atoms with Crippen molar-refractivity contribution in [3.63, 3.8) is 0 Å². The second kappa shape index (κ2) is 6.19. The van der Waals surface area contributed by atoms with Gasteiger partial charge < -0.3 is 10.1 Å². The Hall–Kier alpha value is -3.22. The highest BCUT2D eigenvalue weighted by Gasteiger charge is 2.40. The van der Waals surface area contributed by atoms with Crippen molar-refractivity contribution in [1.82, 2.24) is 19.7 Å². The van der Waals surface area contributed by atoms with Gasteiger partial charge in [-0.3, -0.25) is 4.79 Å². The van der Waals surface area contributed by atoms with Gasteiger partial charge in [0, 0.05) is 17.8 Å². The molecule has 3 aromatic rings. The molecule has 0 aliphatic carbocycles. The number of aromatic nitrogens is 4. The second-order valence-corrected chi connectivity index (χ2v) is 7.19. The maximum Gasteiger partial charge on any atom is 0.235 e. The molecule has 1 aliphatic rings. The van der Waals surface area contributed by atoms with Crippen molar-refractivity contribution < 1.29 is 9.53 Å². The third kappa shape index (κ3) is 2.85. The molecule has 4 rings (SSSR count). The Balaban J connectivity index is 1.70. The number of anilines is 1. The topological polar surface area (TPSA) is 81.9 Å². The van der Waals surface area contributed by atoms with Gasteiger partial charge in [-0.15, -0.1) is 0 Å². The first-order valence-electron chi connectivity index (χ1n) is 8.76. The minimum absolute atomic E-state index is 0.0772. The molecule has 1 N–H and O–H groups in total. The number of nitrogens with one attached hydrogen (secondary N) is 1. The number of fused-ring (bicyclic) bond motifs is 1. The molecule has 0 radical (unpaired) electrons. The van der Waals surface area contributed by atoms with Crippen LogP contribution in [0.4, 0.5) is 5.82 Å². The molecule has 0 atom stereocenters. The van der Waals surface area contributed by atoms with E-state index in [-0.39, 0.29) is 5.91 Å². The average Bonchev–Trinajstić information content (AvgIpc) is 3.15. The number of rotatable bonds is 4. The first kappa shape index (κ1) is 17.2. The van der Waals surface area contributed by atoms with Crippen LogP contribution in [0.3, 0.4) is 0 Å². The fourth-order valence-corrected chi connectivity index (χ4v) is 3.18. The van der Waals surface area contributed by atoms with Gasteiger partial charge in [0.2, 0.25) is 11.8 Å². The summed E-state index contributed by atoms with van der Waals surface area (Å²) in [6, 6.07) is 9.97. The van der Waals surface area contributed by atoms with Gasteiger partial charge in [0.05, 0.1) is 19.1 Å². The summed E-state index contributed by atoms with van der Waals surface area (Å²) in [5.41, 5.74) is 3.12. The maximum atomic E-state index is 12.1. The summed E-state index contributed by atoms with van der Waals surface area (Å²) in [7, 11) is 1.61. The zero-order chi connectivity index (χ0) is 19.2. The number of methoxy groups -OCH3 is 1. The van der Waals surface area contributed by atoms with E-state index >= 15 is 0 Å². The van der Waals surface area contributed by atoms with Gasteiger partial charge in [-0.05, 0) is 31.9 Å². The van der Waals surface area contributed by atoms with Gasteiger partial charge in [0.1, 0.15) is 11.5 Å². The van der Waals surface area contributed by atoms with E-state index in [1.54, 1.807) is 18.0 Å². The lowest BCUT2D eigenvalue weighted by Crippen LogP contribution is -2.26. The number of hydrogen-bond donors (Lipinski definition) is 1. The summed E-state index contributed by atoms with van der Waals surface area (Å²) in [5.74, 6) is 1.55. The molecular weight excluding hydrogens is 342 g/mol. The van der Waals surface area contributed by atoms with Crippen molar-refractivity contribution in [2.75, 3.05) is 12.4 Å². The van der Waals surface area contributed by atoms with Gasteiger partial charge in [-0.2, -0.15) is 5.10 Å². The highest BCUT2D eigenvalue weighted by Crippen LogP contribution is 2.36. The van der Waals surface area contributed by atoms with Crippen LogP contribution in [-0.2, 0) is 16.8 Å². The molecular formula is C20H21N5O2. The second-order valence-electron chi connectivity index (χ2n) is 7.19. The molecule has 1 amide bonds. The Labute approximate surface area is 157 Å². The predicted octanol–water partition coefficient (Wildman–Crippen LogP) is 2.94. The van der Waals surface area contributed by atoms with E-state index < -0.39 is 5.41 Å². The summed E-state index contributed by atoms with van der Waals surface area (Å²) < 4.78 is 7.27. The van der Waals surface area contributed by atoms with Crippen LogP contribution in [0.2, 0.25) is 0 Å². The molecule has 0 saturated carbocycles. The number of benzene rings is 1. The maximum absolute atomic E-state index is 12.1. The molecule has 0 bridgehead atoms. The highest BCUT2D eigenvalue weighted by atomic mass is 16.5. The van der Waals surface area contributed by atoms with Crippen LogP contribution in [0.1, 0.15) is 30.5 Å². The summed E-state index contributed by atoms with van der Waals surface area (Å²) in [6.07, 6.45) is 1.70. The van der Waals surface area contributed by atoms with Crippen molar-refractivity contribution >= 4 is 11.7 Å². The van der Waals surface area contributed by atoms with Gasteiger partial charge in [0.15, 0.2) is 5.82 Å². The first-order chi connectivity index (χ1) is 12.9. The summed E-state index contributed by atoms with van der Waals surface area (Å²) >= 11 is 0. The summed E-state index contributed by atoms with van der Waals surface area (Å²) in [6.45, 7) is 6.37. The van der Waals surface area contributed by atoms with Crippen molar-refractivity contribution in [1.29, 1.82) is 0 Å². The standard InChI is InChI=1S/C20H21N5O2/c1-12-7-5-6-8-13(12)11-25-16(27-4)9-15(24-25)18-21-10-14-17(22-18)23-19(26)20(14,2)3/h5-10H,11H2,1-4H3,(H,21,22,23,26). The Kier molecular flexibility index (Phi) is 3.95. The van der Waals surface area contributed by atoms with E-state index in [0.717, 1.165) is 11.1 Å². The molecule has 138 valence electrons. The van der Waals surface area contributed by atoms with Gasteiger partial charge in [-0.25, -0.2) is 14.6 Å². The van der Waals surface area contributed by atoms with Gasteiger partial charge >= 0.3 is 0 Å². The number of carbonyl (C=O) groups excluding carboxylic acids is 1. The van der Waals surface area contributed by atoms with Crippen LogP contribution in [0.15, 0.2) is 36.5 Å². The van der Waals surface area contributed by atoms with Crippen LogP contribution in [-0.4, -0.2) is 32.8 Å². The number of ether oxygens (including phenoxy) is 1. The predicted molar refractivity (Wildman–Crippen MR) is 102 cm³/mol. The van der Waals surface area contributed by atoms with Crippen molar-refractivity contribution in [3.8, 4) is 17.4 Å². The highest BCUT2D eigenvalue weighted by molar-refractivity contribution is 6.04. The molecule has 1 aliphatic heterocycles. The smallest absolute Gasteiger partial charge is 0.235 e. The Morgan fingerprint density at radius 3 is 2.78 bits per heavy atom. The van der Waals surface area contributed by atoms with Crippen molar-refractivity contribution in [3.05, 3.63) is 53.2 Å². The minimum atomic E-state index is -0.629. The fraction of sp³-hybridized carbons (Fsp3) is 0.300. The van der Waals surface area contributed by atoms with Crippen LogP contribution in [0, 0.1) is 6.92 Å². The third-order valence-electron chi connectivity index (χ3n) is 5.02. The van der Waals surface area contributed by atoms with E-state index in [0.29, 0.717) is 29.8 Å². The van der Waals surface area contributed by atoms with E-state index in [9.17, 15) is 4.79 Å². The fourth-order valence-electron chi connectivity index (χ4n) is 3.18. The molecule has 0 spiro atoms. The minimum Gasteiger partial charge on any atom is -0.481 e. The zero-order valence-corrected chi connectivity index (χ0v) is 15.8. The van der Waals surface area contributed by atoms with Crippen LogP contribution in [0.25, 0.3) is 11.5 Å². The Bertz CT molecular complexity index is 1040. The molecule has 3 heterocycles. The number of nitrogens with zero attached hydrogens (tertiary/aromatic N) is 4. The summed E-state index contributed by atoms with van der Waals surface area (Å²) in [5, 5.41) is 7.45. The van der Waals surface area contributed by atoms with Gasteiger partial charge in [0.25, 0.3) is 0 Å². The lowest BCUT2D eigenvalue weighted by Gasteiger charge is -2.13. The molecule has 2 aromatic heterocycles. The van der Waals surface area contributed by atoms with E-state index in [4.69, 9.17) is 4.74 Å². The largest absolute Gasteiger partial charge is 0.481 e. The molecule has 7 heteroatoms. The SMILES string of the molecule is COc1cc(-c2ncc3c(n2)NC(=O)C3(C)C)nn1Cc1ccccc1C. The lowest BCUT2D eigenvalue weighted by atomic mass is 9.88. The lowest BCUT2D eigenvalue weighted by molar-refractivity contribution is -0.119. The van der Waals surface area contributed by atoms with E-state index in [1.165, 1.54) is 5.56 Å². The average molecular weight is 363 g/mol. The number of amides is 1. The van der Waals surface area contributed by atoms with Crippen LogP contribution in [0.5, 0.6) is 5.88 Å². The van der Waals surface area contributed by atoms with Crippen LogP contribution < -0.4 is 10.1 Å². The van der Waals surface area contributed by atoms with Crippen molar-refractivity contribution in [2.24, 2.45) is 0 Å². The van der Waals surface area contributed by atoms with E-state index in [2.05, 4.69) is 39.4 Å². The van der Waals surface area contributed by atoms with E-state index in [1.807, 2.05) is 32.0 Å². The quantitative estimate of drug-likeness (QED) is 0.771. The normalized spacial score (nSPS) is 14.7. The number of hydrogen-bond acceptors (Lipinski definition) is 5. The Morgan fingerprint density at radius 1 is 1.26 bits per heavy atom. The molecule has 27 heavy (non-hydrogen) atoms. The Morgan fingerprint density at radius 2 is 2.04 bits per heavy atom. The van der Waals surface area contributed by atoms with Crippen LogP contribution >= 0.6 is 0 Å². The molecule has 7 nitrogen and oxygen atoms in total.